The van der Waals surface area contributed by atoms with Crippen LogP contribution in [0, 0.1) is 28.3 Å². The van der Waals surface area contributed by atoms with E-state index in [2.05, 4.69) is 5.92 Å². The van der Waals surface area contributed by atoms with Crippen molar-refractivity contribution >= 4 is 17.3 Å². The van der Waals surface area contributed by atoms with Gasteiger partial charge in [0.1, 0.15) is 17.1 Å². The van der Waals surface area contributed by atoms with Gasteiger partial charge in [-0.2, -0.15) is 0 Å². The summed E-state index contributed by atoms with van der Waals surface area (Å²) in [4.78, 5) is 22.0. The van der Waals surface area contributed by atoms with Crippen molar-refractivity contribution in [1.82, 2.24) is 0 Å². The van der Waals surface area contributed by atoms with Crippen molar-refractivity contribution < 1.29 is 19.2 Å². The van der Waals surface area contributed by atoms with E-state index < -0.39 is 28.0 Å². The van der Waals surface area contributed by atoms with Gasteiger partial charge in [0.2, 0.25) is 0 Å². The number of nitro benzene ring substituents is 1. The van der Waals surface area contributed by atoms with Gasteiger partial charge in [0.15, 0.2) is 0 Å². The van der Waals surface area contributed by atoms with E-state index in [4.69, 9.17) is 11.5 Å². The highest BCUT2D eigenvalue weighted by Crippen LogP contribution is 2.30. The fraction of sp³-hybridized carbons (Fsp3) is 0.182. The Labute approximate surface area is 102 Å². The van der Waals surface area contributed by atoms with Crippen molar-refractivity contribution in [2.75, 3.05) is 18.5 Å². The number of anilines is 1. The molecule has 1 rings (SSSR count). The molecule has 7 heteroatoms. The van der Waals surface area contributed by atoms with Gasteiger partial charge in [-0.25, -0.2) is 9.18 Å². The summed E-state index contributed by atoms with van der Waals surface area (Å²) in [7, 11) is 1.45. The van der Waals surface area contributed by atoms with Crippen molar-refractivity contribution in [1.29, 1.82) is 0 Å². The maximum absolute atomic E-state index is 13.5. The van der Waals surface area contributed by atoms with Crippen molar-refractivity contribution in [2.45, 2.75) is 0 Å². The Hall–Kier alpha value is -2.62. The summed E-state index contributed by atoms with van der Waals surface area (Å²) in [5.74, 6) is -0.363. The van der Waals surface area contributed by atoms with Crippen LogP contribution in [0.15, 0.2) is 12.1 Å². The van der Waals surface area contributed by atoms with Crippen LogP contribution in [-0.2, 0) is 0 Å². The van der Waals surface area contributed by atoms with E-state index in [1.54, 1.807) is 0 Å². The average molecular weight is 252 g/mol. The zero-order valence-electron chi connectivity index (χ0n) is 9.38. The van der Waals surface area contributed by atoms with Crippen molar-refractivity contribution in [2.24, 2.45) is 0 Å². The fourth-order valence-electron chi connectivity index (χ4n) is 1.39. The molecule has 0 amide bonds. The van der Waals surface area contributed by atoms with E-state index in [9.17, 15) is 19.3 Å². The second-order valence-electron chi connectivity index (χ2n) is 3.44. The Morgan fingerprint density at radius 1 is 1.67 bits per heavy atom. The molecule has 94 valence electrons. The molecule has 0 aliphatic heterocycles. The zero-order chi connectivity index (χ0) is 13.9. The Kier molecular flexibility index (Phi) is 3.84. The third-order valence-electron chi connectivity index (χ3n) is 2.23. The van der Waals surface area contributed by atoms with Gasteiger partial charge in [0.05, 0.1) is 11.5 Å². The monoisotopic (exact) mass is 252 g/mol. The molecule has 0 heterocycles. The molecular formula is C11H9FN2O4. The maximum atomic E-state index is 13.5. The van der Waals surface area contributed by atoms with Gasteiger partial charge in [-0.15, -0.1) is 6.42 Å². The number of aromatic carboxylic acids is 1. The molecule has 0 aromatic heterocycles. The van der Waals surface area contributed by atoms with Gasteiger partial charge in [-0.05, 0) is 0 Å². The van der Waals surface area contributed by atoms with Crippen LogP contribution >= 0.6 is 0 Å². The lowest BCUT2D eigenvalue weighted by Gasteiger charge is -2.16. The molecule has 0 unspecified atom stereocenters. The number of hydrogen-bond acceptors (Lipinski definition) is 4. The summed E-state index contributed by atoms with van der Waals surface area (Å²) < 4.78 is 13.5. The highest BCUT2D eigenvalue weighted by molar-refractivity contribution is 5.90. The van der Waals surface area contributed by atoms with Crippen LogP contribution in [0.25, 0.3) is 0 Å². The zero-order valence-corrected chi connectivity index (χ0v) is 9.38. The SMILES string of the molecule is C#CCN(C)c1cc(F)c(C(=O)O)cc1[N+](=O)[O-]. The Morgan fingerprint density at radius 2 is 2.28 bits per heavy atom. The highest BCUT2D eigenvalue weighted by atomic mass is 19.1. The molecule has 0 spiro atoms. The van der Waals surface area contributed by atoms with E-state index in [0.717, 1.165) is 6.07 Å². The summed E-state index contributed by atoms with van der Waals surface area (Å²) in [5, 5.41) is 19.5. The molecule has 0 aliphatic carbocycles. The van der Waals surface area contributed by atoms with Crippen LogP contribution in [0.1, 0.15) is 10.4 Å². The van der Waals surface area contributed by atoms with Crippen molar-refractivity contribution in [3.05, 3.63) is 33.6 Å². The van der Waals surface area contributed by atoms with Crippen LogP contribution in [0.2, 0.25) is 0 Å². The third kappa shape index (κ3) is 2.55. The average Bonchev–Trinajstić information content (AvgIpc) is 2.27. The maximum Gasteiger partial charge on any atom is 0.338 e. The molecule has 18 heavy (non-hydrogen) atoms. The number of nitrogens with zero attached hydrogens (tertiary/aromatic N) is 2. The van der Waals surface area contributed by atoms with Gasteiger partial charge in [-0.1, -0.05) is 5.92 Å². The molecular weight excluding hydrogens is 243 g/mol. The normalized spacial score (nSPS) is 9.61. The van der Waals surface area contributed by atoms with E-state index >= 15 is 0 Å². The first kappa shape index (κ1) is 13.4. The quantitative estimate of drug-likeness (QED) is 0.498. The first-order valence-electron chi connectivity index (χ1n) is 4.74. The van der Waals surface area contributed by atoms with Crippen molar-refractivity contribution in [3.8, 4) is 12.3 Å². The molecule has 0 bridgehead atoms. The first-order chi connectivity index (χ1) is 8.38. The first-order valence-corrected chi connectivity index (χ1v) is 4.74. The molecule has 0 atom stereocenters. The van der Waals surface area contributed by atoms with Crippen LogP contribution in [0.5, 0.6) is 0 Å². The van der Waals surface area contributed by atoms with Crippen LogP contribution in [0.3, 0.4) is 0 Å². The summed E-state index contributed by atoms with van der Waals surface area (Å²) in [5.41, 5.74) is -1.33. The molecule has 6 nitrogen and oxygen atoms in total. The van der Waals surface area contributed by atoms with E-state index in [0.29, 0.717) is 6.07 Å². The molecule has 0 saturated carbocycles. The minimum atomic E-state index is -1.57. The topological polar surface area (TPSA) is 83.7 Å². The molecule has 1 N–H and O–H groups in total. The number of carboxylic acid groups (broad SMARTS) is 1. The van der Waals surface area contributed by atoms with Crippen LogP contribution < -0.4 is 4.90 Å². The Bertz CT molecular complexity index is 551. The summed E-state index contributed by atoms with van der Waals surface area (Å²) in [6.45, 7) is 0.0344. The Balaban J connectivity index is 3.43. The van der Waals surface area contributed by atoms with Gasteiger partial charge < -0.3 is 10.0 Å². The lowest BCUT2D eigenvalue weighted by atomic mass is 10.1. The third-order valence-corrected chi connectivity index (χ3v) is 2.23. The van der Waals surface area contributed by atoms with E-state index in [1.807, 2.05) is 0 Å². The smallest absolute Gasteiger partial charge is 0.338 e. The number of carbonyl (C=O) groups is 1. The lowest BCUT2D eigenvalue weighted by molar-refractivity contribution is -0.384. The number of nitro groups is 1. The molecule has 0 aliphatic rings. The number of benzene rings is 1. The van der Waals surface area contributed by atoms with Gasteiger partial charge in [-0.3, -0.25) is 10.1 Å². The molecule has 0 saturated heterocycles. The van der Waals surface area contributed by atoms with Gasteiger partial charge in [0, 0.05) is 19.2 Å². The minimum absolute atomic E-state index is 0.0344. The summed E-state index contributed by atoms with van der Waals surface area (Å²) in [6, 6.07) is 1.47. The molecule has 1 aromatic carbocycles. The van der Waals surface area contributed by atoms with E-state index in [1.165, 1.54) is 11.9 Å². The second kappa shape index (κ2) is 5.14. The number of rotatable bonds is 4. The Morgan fingerprint density at radius 3 is 2.72 bits per heavy atom. The summed E-state index contributed by atoms with van der Waals surface area (Å²) >= 11 is 0. The fourth-order valence-corrected chi connectivity index (χ4v) is 1.39. The standard InChI is InChI=1S/C11H9FN2O4/c1-3-4-13(2)9-6-8(12)7(11(15)16)5-10(9)14(17)18/h1,5-6H,4H2,2H3,(H,15,16). The highest BCUT2D eigenvalue weighted by Gasteiger charge is 2.23. The predicted molar refractivity (Wildman–Crippen MR) is 62.1 cm³/mol. The van der Waals surface area contributed by atoms with E-state index in [-0.39, 0.29) is 12.2 Å². The van der Waals surface area contributed by atoms with Gasteiger partial charge in [0.25, 0.3) is 5.69 Å². The molecule has 0 fully saturated rings. The molecule has 1 aromatic rings. The number of carboxylic acids is 1. The lowest BCUT2D eigenvalue weighted by Crippen LogP contribution is -2.19. The van der Waals surface area contributed by atoms with Crippen LogP contribution in [0.4, 0.5) is 15.8 Å². The van der Waals surface area contributed by atoms with Crippen molar-refractivity contribution in [3.63, 3.8) is 0 Å². The molecule has 0 radical (unpaired) electrons. The van der Waals surface area contributed by atoms with Crippen LogP contribution in [-0.4, -0.2) is 29.6 Å². The minimum Gasteiger partial charge on any atom is -0.478 e. The largest absolute Gasteiger partial charge is 0.478 e. The summed E-state index contributed by atoms with van der Waals surface area (Å²) in [6.07, 6.45) is 5.06. The number of hydrogen-bond donors (Lipinski definition) is 1. The number of terminal acetylenes is 1. The van der Waals surface area contributed by atoms with Gasteiger partial charge >= 0.3 is 5.97 Å². The predicted octanol–water partition coefficient (Wildman–Crippen LogP) is 1.50. The second-order valence-corrected chi connectivity index (χ2v) is 3.44. The number of halogens is 1.